The van der Waals surface area contributed by atoms with E-state index in [1.807, 2.05) is 0 Å². The molecule has 0 bridgehead atoms. The maximum absolute atomic E-state index is 11.7. The third kappa shape index (κ3) is 4.55. The van der Waals surface area contributed by atoms with Gasteiger partial charge < -0.3 is 4.74 Å². The molecule has 20 heavy (non-hydrogen) atoms. The van der Waals surface area contributed by atoms with Crippen molar-refractivity contribution < 1.29 is 17.9 Å². The minimum absolute atomic E-state index is 0.162. The average molecular weight is 322 g/mol. The van der Waals surface area contributed by atoms with E-state index in [4.69, 9.17) is 16.3 Å². The average Bonchev–Trinajstić information content (AvgIpc) is 2.33. The van der Waals surface area contributed by atoms with E-state index in [1.54, 1.807) is 6.92 Å². The van der Waals surface area contributed by atoms with Gasteiger partial charge >= 0.3 is 16.3 Å². The highest BCUT2D eigenvalue weighted by molar-refractivity contribution is 7.90. The number of benzene rings is 1. The summed E-state index contributed by atoms with van der Waals surface area (Å²) >= 11 is 5.92. The van der Waals surface area contributed by atoms with Gasteiger partial charge in [0.25, 0.3) is 0 Å². The van der Waals surface area contributed by atoms with Crippen molar-refractivity contribution in [3.8, 4) is 0 Å². The second-order valence-electron chi connectivity index (χ2n) is 3.93. The number of halogens is 1. The van der Waals surface area contributed by atoms with E-state index in [-0.39, 0.29) is 17.3 Å². The van der Waals surface area contributed by atoms with Gasteiger partial charge in [-0.25, -0.2) is 4.79 Å². The van der Waals surface area contributed by atoms with Crippen LogP contribution in [0.2, 0.25) is 5.02 Å². The first-order chi connectivity index (χ1) is 9.26. The second-order valence-corrected chi connectivity index (χ2v) is 6.22. The van der Waals surface area contributed by atoms with Crippen LogP contribution in [0.15, 0.2) is 18.2 Å². The Hall–Kier alpha value is -1.51. The number of ether oxygens (including phenoxy) is 1. The lowest BCUT2D eigenvalue weighted by atomic mass is 10.3. The van der Waals surface area contributed by atoms with Gasteiger partial charge in [-0.15, -0.1) is 0 Å². The molecule has 0 heterocycles. The van der Waals surface area contributed by atoms with Crippen molar-refractivity contribution in [3.05, 3.63) is 23.2 Å². The molecule has 0 aliphatic rings. The number of amides is 1. The van der Waals surface area contributed by atoms with Crippen molar-refractivity contribution in [3.63, 3.8) is 0 Å². The van der Waals surface area contributed by atoms with Crippen molar-refractivity contribution in [2.75, 3.05) is 30.7 Å². The first-order valence-corrected chi connectivity index (χ1v) is 7.51. The van der Waals surface area contributed by atoms with Gasteiger partial charge in [-0.3, -0.25) is 10.0 Å². The Morgan fingerprint density at radius 2 is 2.05 bits per heavy atom. The summed E-state index contributed by atoms with van der Waals surface area (Å²) in [5.74, 6) is 0. The highest BCUT2D eigenvalue weighted by Crippen LogP contribution is 2.26. The summed E-state index contributed by atoms with van der Waals surface area (Å²) in [4.78, 5) is 11.3. The minimum atomic E-state index is -3.67. The lowest BCUT2D eigenvalue weighted by Crippen LogP contribution is -2.29. The summed E-state index contributed by atoms with van der Waals surface area (Å²) in [6.07, 6.45) is -0.628. The van der Waals surface area contributed by atoms with Crippen molar-refractivity contribution >= 4 is 39.3 Å². The summed E-state index contributed by atoms with van der Waals surface area (Å²) in [5.41, 5.74) is 0.527. The first-order valence-electron chi connectivity index (χ1n) is 5.70. The van der Waals surface area contributed by atoms with Crippen molar-refractivity contribution in [1.29, 1.82) is 0 Å². The molecule has 9 heteroatoms. The fraction of sp³-hybridized carbons (Fsp3) is 0.364. The van der Waals surface area contributed by atoms with Gasteiger partial charge in [-0.2, -0.15) is 12.7 Å². The quantitative estimate of drug-likeness (QED) is 0.869. The number of rotatable bonds is 5. The molecule has 0 spiro atoms. The smallest absolute Gasteiger partial charge is 0.411 e. The molecule has 0 radical (unpaired) electrons. The van der Waals surface area contributed by atoms with Gasteiger partial charge in [0, 0.05) is 19.8 Å². The number of anilines is 2. The van der Waals surface area contributed by atoms with Crippen LogP contribution >= 0.6 is 11.6 Å². The van der Waals surface area contributed by atoms with Crippen LogP contribution in [0.1, 0.15) is 6.92 Å². The zero-order valence-electron chi connectivity index (χ0n) is 11.3. The van der Waals surface area contributed by atoms with Crippen LogP contribution in [0.25, 0.3) is 0 Å². The summed E-state index contributed by atoms with van der Waals surface area (Å²) < 4.78 is 31.5. The zero-order valence-corrected chi connectivity index (χ0v) is 12.9. The molecule has 1 aromatic rings. The van der Waals surface area contributed by atoms with E-state index >= 15 is 0 Å². The van der Waals surface area contributed by atoms with E-state index in [2.05, 4.69) is 10.0 Å². The molecule has 0 saturated carbocycles. The van der Waals surface area contributed by atoms with Crippen molar-refractivity contribution in [2.24, 2.45) is 0 Å². The normalized spacial score (nSPS) is 11.2. The predicted octanol–water partition coefficient (Wildman–Crippen LogP) is 2.13. The molecule has 1 rings (SSSR count). The zero-order chi connectivity index (χ0) is 15.3. The van der Waals surface area contributed by atoms with Gasteiger partial charge in [0.05, 0.1) is 17.3 Å². The molecule has 0 fully saturated rings. The Bertz CT molecular complexity index is 589. The lowest BCUT2D eigenvalue weighted by Gasteiger charge is -2.15. The molecule has 0 aliphatic carbocycles. The molecule has 0 unspecified atom stereocenters. The van der Waals surface area contributed by atoms with Crippen LogP contribution in [-0.2, 0) is 14.9 Å². The molecule has 0 aromatic heterocycles. The predicted molar refractivity (Wildman–Crippen MR) is 78.3 cm³/mol. The van der Waals surface area contributed by atoms with Crippen LogP contribution in [-0.4, -0.2) is 39.5 Å². The number of hydrogen-bond donors (Lipinski definition) is 2. The van der Waals surface area contributed by atoms with Crippen molar-refractivity contribution in [2.45, 2.75) is 6.92 Å². The largest absolute Gasteiger partial charge is 0.450 e. The fourth-order valence-electron chi connectivity index (χ4n) is 1.20. The standard InChI is InChI=1S/C11H16ClN3O4S/c1-4-19-11(16)13-8-5-6-9(12)10(7-8)14-20(17,18)15(2)3/h5-7,14H,4H2,1-3H3,(H,13,16). The topological polar surface area (TPSA) is 87.7 Å². The van der Waals surface area contributed by atoms with Gasteiger partial charge in [0.2, 0.25) is 0 Å². The summed E-state index contributed by atoms with van der Waals surface area (Å²) in [7, 11) is -0.903. The number of nitrogens with one attached hydrogen (secondary N) is 2. The molecule has 1 amide bonds. The lowest BCUT2D eigenvalue weighted by molar-refractivity contribution is 0.168. The van der Waals surface area contributed by atoms with Gasteiger partial charge in [-0.05, 0) is 25.1 Å². The summed E-state index contributed by atoms with van der Waals surface area (Å²) in [5, 5.41) is 2.67. The van der Waals surface area contributed by atoms with Gasteiger partial charge in [0.1, 0.15) is 0 Å². The van der Waals surface area contributed by atoms with Crippen LogP contribution in [0.3, 0.4) is 0 Å². The Kier molecular flexibility index (Phi) is 5.61. The molecule has 2 N–H and O–H groups in total. The molecule has 1 aromatic carbocycles. The Morgan fingerprint density at radius 3 is 2.60 bits per heavy atom. The third-order valence-corrected chi connectivity index (χ3v) is 3.98. The van der Waals surface area contributed by atoms with E-state index < -0.39 is 16.3 Å². The van der Waals surface area contributed by atoms with E-state index in [0.29, 0.717) is 5.69 Å². The first kappa shape index (κ1) is 16.5. The molecular formula is C11H16ClN3O4S. The maximum atomic E-state index is 11.7. The number of hydrogen-bond acceptors (Lipinski definition) is 4. The second kappa shape index (κ2) is 6.78. The highest BCUT2D eigenvalue weighted by atomic mass is 35.5. The molecule has 112 valence electrons. The van der Waals surface area contributed by atoms with E-state index in [1.165, 1.54) is 32.3 Å². The molecule has 0 saturated heterocycles. The molecule has 0 aliphatic heterocycles. The Labute approximate surface area is 123 Å². The molecule has 7 nitrogen and oxygen atoms in total. The Balaban J connectivity index is 2.95. The van der Waals surface area contributed by atoms with Crippen LogP contribution in [0, 0.1) is 0 Å². The monoisotopic (exact) mass is 321 g/mol. The fourth-order valence-corrected chi connectivity index (χ4v) is 2.05. The highest BCUT2D eigenvalue weighted by Gasteiger charge is 2.15. The molecule has 0 atom stereocenters. The van der Waals surface area contributed by atoms with Gasteiger partial charge in [0.15, 0.2) is 0 Å². The maximum Gasteiger partial charge on any atom is 0.411 e. The summed E-state index contributed by atoms with van der Waals surface area (Å²) in [6, 6.07) is 4.41. The van der Waals surface area contributed by atoms with Crippen LogP contribution in [0.5, 0.6) is 0 Å². The summed E-state index contributed by atoms with van der Waals surface area (Å²) in [6.45, 7) is 1.91. The van der Waals surface area contributed by atoms with E-state index in [0.717, 1.165) is 4.31 Å². The number of nitrogens with zero attached hydrogens (tertiary/aromatic N) is 1. The SMILES string of the molecule is CCOC(=O)Nc1ccc(Cl)c(NS(=O)(=O)N(C)C)c1. The minimum Gasteiger partial charge on any atom is -0.450 e. The van der Waals surface area contributed by atoms with Crippen LogP contribution in [0.4, 0.5) is 16.2 Å². The number of carbonyl (C=O) groups excluding carboxylic acids is 1. The Morgan fingerprint density at radius 1 is 1.40 bits per heavy atom. The third-order valence-electron chi connectivity index (χ3n) is 2.21. The van der Waals surface area contributed by atoms with Gasteiger partial charge in [-0.1, -0.05) is 11.6 Å². The molecular weight excluding hydrogens is 306 g/mol. The van der Waals surface area contributed by atoms with E-state index in [9.17, 15) is 13.2 Å². The van der Waals surface area contributed by atoms with Crippen molar-refractivity contribution in [1.82, 2.24) is 4.31 Å². The van der Waals surface area contributed by atoms with Crippen LogP contribution < -0.4 is 10.0 Å². The number of carbonyl (C=O) groups is 1.